The van der Waals surface area contributed by atoms with Gasteiger partial charge >= 0.3 is 5.97 Å². The van der Waals surface area contributed by atoms with Gasteiger partial charge in [-0.2, -0.15) is 0 Å². The highest BCUT2D eigenvalue weighted by Gasteiger charge is 2.14. The molecule has 0 radical (unpaired) electrons. The van der Waals surface area contributed by atoms with Crippen LogP contribution in [-0.2, 0) is 6.42 Å². The molecule has 1 aromatic carbocycles. The molecule has 2 rings (SSSR count). The Labute approximate surface area is 116 Å². The standard InChI is InChI=1S/C14H16N2O2S/c1-4-10-7-11(6-5-8(10)2)16-14-15-9(3)12(19-14)13(17)18/h5-7H,4H2,1-3H3,(H,15,16)(H,17,18). The smallest absolute Gasteiger partial charge is 0.347 e. The minimum atomic E-state index is -0.929. The molecular weight excluding hydrogens is 260 g/mol. The average molecular weight is 276 g/mol. The van der Waals surface area contributed by atoms with E-state index in [0.29, 0.717) is 10.8 Å². The van der Waals surface area contributed by atoms with Gasteiger partial charge in [-0.3, -0.25) is 0 Å². The monoisotopic (exact) mass is 276 g/mol. The molecule has 1 aromatic heterocycles. The van der Waals surface area contributed by atoms with Crippen LogP contribution in [0.1, 0.15) is 33.4 Å². The summed E-state index contributed by atoms with van der Waals surface area (Å²) < 4.78 is 0. The number of carboxylic acid groups (broad SMARTS) is 1. The van der Waals surface area contributed by atoms with E-state index in [9.17, 15) is 4.79 Å². The van der Waals surface area contributed by atoms with Crippen molar-refractivity contribution < 1.29 is 9.90 Å². The SMILES string of the molecule is CCc1cc(Nc2nc(C)c(C(=O)O)s2)ccc1C. The first-order valence-electron chi connectivity index (χ1n) is 6.08. The fourth-order valence-electron chi connectivity index (χ4n) is 1.90. The summed E-state index contributed by atoms with van der Waals surface area (Å²) in [7, 11) is 0. The van der Waals surface area contributed by atoms with Crippen molar-refractivity contribution >= 4 is 28.1 Å². The van der Waals surface area contributed by atoms with Crippen molar-refractivity contribution in [3.63, 3.8) is 0 Å². The van der Waals surface area contributed by atoms with Crippen molar-refractivity contribution in [1.29, 1.82) is 0 Å². The summed E-state index contributed by atoms with van der Waals surface area (Å²) in [5, 5.41) is 12.8. The topological polar surface area (TPSA) is 62.2 Å². The van der Waals surface area contributed by atoms with Crippen molar-refractivity contribution in [3.05, 3.63) is 39.9 Å². The number of carboxylic acids is 1. The first kappa shape index (κ1) is 13.5. The highest BCUT2D eigenvalue weighted by Crippen LogP contribution is 2.26. The van der Waals surface area contributed by atoms with E-state index in [4.69, 9.17) is 5.11 Å². The summed E-state index contributed by atoms with van der Waals surface area (Å²) in [6.07, 6.45) is 0.971. The van der Waals surface area contributed by atoms with Crippen LogP contribution in [0.5, 0.6) is 0 Å². The van der Waals surface area contributed by atoms with Gasteiger partial charge in [0.2, 0.25) is 0 Å². The van der Waals surface area contributed by atoms with Gasteiger partial charge in [0.25, 0.3) is 0 Å². The Morgan fingerprint density at radius 2 is 2.16 bits per heavy atom. The van der Waals surface area contributed by atoms with E-state index in [1.807, 2.05) is 6.07 Å². The van der Waals surface area contributed by atoms with Crippen molar-refractivity contribution in [2.45, 2.75) is 27.2 Å². The number of anilines is 2. The normalized spacial score (nSPS) is 10.5. The molecule has 0 atom stereocenters. The average Bonchev–Trinajstić information content (AvgIpc) is 2.73. The molecule has 0 amide bonds. The van der Waals surface area contributed by atoms with Gasteiger partial charge in [0, 0.05) is 5.69 Å². The minimum absolute atomic E-state index is 0.283. The van der Waals surface area contributed by atoms with Gasteiger partial charge in [0.05, 0.1) is 5.69 Å². The number of hydrogen-bond acceptors (Lipinski definition) is 4. The molecule has 0 bridgehead atoms. The zero-order chi connectivity index (χ0) is 14.0. The summed E-state index contributed by atoms with van der Waals surface area (Å²) in [6.45, 7) is 5.90. The number of aromatic nitrogens is 1. The van der Waals surface area contributed by atoms with E-state index in [0.717, 1.165) is 23.4 Å². The van der Waals surface area contributed by atoms with Crippen LogP contribution >= 0.6 is 11.3 Å². The van der Waals surface area contributed by atoms with Gasteiger partial charge in [-0.15, -0.1) is 0 Å². The Morgan fingerprint density at radius 3 is 2.74 bits per heavy atom. The molecule has 19 heavy (non-hydrogen) atoms. The third-order valence-corrected chi connectivity index (χ3v) is 4.03. The maximum Gasteiger partial charge on any atom is 0.347 e. The second-order valence-corrected chi connectivity index (χ2v) is 5.36. The molecule has 1 heterocycles. The molecule has 0 saturated carbocycles. The second kappa shape index (κ2) is 5.40. The Kier molecular flexibility index (Phi) is 3.85. The first-order valence-corrected chi connectivity index (χ1v) is 6.90. The fourth-order valence-corrected chi connectivity index (χ4v) is 2.73. The van der Waals surface area contributed by atoms with Crippen LogP contribution in [0, 0.1) is 13.8 Å². The molecule has 0 aliphatic carbocycles. The largest absolute Gasteiger partial charge is 0.477 e. The zero-order valence-corrected chi connectivity index (χ0v) is 12.0. The molecule has 0 unspecified atom stereocenters. The fraction of sp³-hybridized carbons (Fsp3) is 0.286. The number of hydrogen-bond donors (Lipinski definition) is 2. The molecule has 2 N–H and O–H groups in total. The summed E-state index contributed by atoms with van der Waals surface area (Å²) in [4.78, 5) is 15.5. The lowest BCUT2D eigenvalue weighted by molar-refractivity contribution is 0.0701. The van der Waals surface area contributed by atoms with Crippen molar-refractivity contribution in [3.8, 4) is 0 Å². The van der Waals surface area contributed by atoms with Crippen molar-refractivity contribution in [2.24, 2.45) is 0 Å². The molecule has 4 nitrogen and oxygen atoms in total. The first-order chi connectivity index (χ1) is 9.01. The summed E-state index contributed by atoms with van der Waals surface area (Å²) in [5.74, 6) is -0.929. The second-order valence-electron chi connectivity index (χ2n) is 4.36. The van der Waals surface area contributed by atoms with E-state index in [1.165, 1.54) is 11.1 Å². The number of aromatic carboxylic acids is 1. The molecule has 0 fully saturated rings. The van der Waals surface area contributed by atoms with Crippen LogP contribution in [0.2, 0.25) is 0 Å². The zero-order valence-electron chi connectivity index (χ0n) is 11.2. The van der Waals surface area contributed by atoms with E-state index in [-0.39, 0.29) is 4.88 Å². The maximum absolute atomic E-state index is 11.0. The molecule has 0 saturated heterocycles. The minimum Gasteiger partial charge on any atom is -0.477 e. The van der Waals surface area contributed by atoms with Crippen LogP contribution in [-0.4, -0.2) is 16.1 Å². The van der Waals surface area contributed by atoms with E-state index in [1.54, 1.807) is 6.92 Å². The Balaban J connectivity index is 2.26. The highest BCUT2D eigenvalue weighted by molar-refractivity contribution is 7.17. The maximum atomic E-state index is 11.0. The van der Waals surface area contributed by atoms with Crippen molar-refractivity contribution in [1.82, 2.24) is 4.98 Å². The lowest BCUT2D eigenvalue weighted by atomic mass is 10.1. The molecule has 100 valence electrons. The lowest BCUT2D eigenvalue weighted by Gasteiger charge is -2.07. The summed E-state index contributed by atoms with van der Waals surface area (Å²) in [5.41, 5.74) is 4.02. The predicted octanol–water partition coefficient (Wildman–Crippen LogP) is 3.76. The van der Waals surface area contributed by atoms with E-state index >= 15 is 0 Å². The predicted molar refractivity (Wildman–Crippen MR) is 77.7 cm³/mol. The van der Waals surface area contributed by atoms with E-state index < -0.39 is 5.97 Å². The number of nitrogens with one attached hydrogen (secondary N) is 1. The van der Waals surface area contributed by atoms with Crippen LogP contribution in [0.4, 0.5) is 10.8 Å². The molecule has 2 aromatic rings. The summed E-state index contributed by atoms with van der Waals surface area (Å²) >= 11 is 1.16. The third kappa shape index (κ3) is 2.93. The van der Waals surface area contributed by atoms with Crippen LogP contribution < -0.4 is 5.32 Å². The molecule has 0 aliphatic rings. The lowest BCUT2D eigenvalue weighted by Crippen LogP contribution is -1.94. The number of thiazole rings is 1. The molecular formula is C14H16N2O2S. The number of nitrogens with zero attached hydrogens (tertiary/aromatic N) is 1. The van der Waals surface area contributed by atoms with Gasteiger partial charge < -0.3 is 10.4 Å². The van der Waals surface area contributed by atoms with Crippen LogP contribution in [0.15, 0.2) is 18.2 Å². The third-order valence-electron chi connectivity index (χ3n) is 2.97. The Hall–Kier alpha value is -1.88. The Morgan fingerprint density at radius 1 is 1.42 bits per heavy atom. The summed E-state index contributed by atoms with van der Waals surface area (Å²) in [6, 6.07) is 6.11. The van der Waals surface area contributed by atoms with Gasteiger partial charge in [-0.25, -0.2) is 9.78 Å². The van der Waals surface area contributed by atoms with Crippen molar-refractivity contribution in [2.75, 3.05) is 5.32 Å². The molecule has 5 heteroatoms. The van der Waals surface area contributed by atoms with Crippen LogP contribution in [0.3, 0.4) is 0 Å². The number of carbonyl (C=O) groups is 1. The highest BCUT2D eigenvalue weighted by atomic mass is 32.1. The van der Waals surface area contributed by atoms with Gasteiger partial charge in [-0.05, 0) is 43.5 Å². The van der Waals surface area contributed by atoms with Gasteiger partial charge in [0.15, 0.2) is 5.13 Å². The number of benzene rings is 1. The van der Waals surface area contributed by atoms with Crippen LogP contribution in [0.25, 0.3) is 0 Å². The number of rotatable bonds is 4. The van der Waals surface area contributed by atoms with Gasteiger partial charge in [0.1, 0.15) is 4.88 Å². The van der Waals surface area contributed by atoms with E-state index in [2.05, 4.69) is 36.3 Å². The number of aryl methyl sites for hydroxylation is 3. The quantitative estimate of drug-likeness (QED) is 0.892. The molecule has 0 spiro atoms. The molecule has 0 aliphatic heterocycles. The Bertz CT molecular complexity index is 620. The van der Waals surface area contributed by atoms with Gasteiger partial charge in [-0.1, -0.05) is 24.3 Å².